The number of hydrogen-bond acceptors (Lipinski definition) is 5. The minimum absolute atomic E-state index is 0.0962. The molecule has 1 aromatic rings. The zero-order valence-corrected chi connectivity index (χ0v) is 19.6. The van der Waals surface area contributed by atoms with Crippen molar-refractivity contribution in [1.29, 1.82) is 0 Å². The van der Waals surface area contributed by atoms with E-state index in [0.717, 1.165) is 51.6 Å². The van der Waals surface area contributed by atoms with Crippen LogP contribution in [0.5, 0.6) is 0 Å². The van der Waals surface area contributed by atoms with Crippen LogP contribution in [0.15, 0.2) is 22.5 Å². The first-order valence-electron chi connectivity index (χ1n) is 11.0. The third kappa shape index (κ3) is 7.16. The highest BCUT2D eigenvalue weighted by Crippen LogP contribution is 2.20. The van der Waals surface area contributed by atoms with Crippen molar-refractivity contribution in [3.05, 3.63) is 22.4 Å². The van der Waals surface area contributed by atoms with Gasteiger partial charge in [-0.05, 0) is 70.5 Å². The summed E-state index contributed by atoms with van der Waals surface area (Å²) in [5, 5.41) is 8.71. The third-order valence-corrected chi connectivity index (χ3v) is 6.50. The number of likely N-dealkylation sites (tertiary alicyclic amines) is 2. The first-order chi connectivity index (χ1) is 14.3. The Morgan fingerprint density at radius 1 is 1.27 bits per heavy atom. The van der Waals surface area contributed by atoms with Crippen molar-refractivity contribution in [2.75, 3.05) is 39.8 Å². The van der Waals surface area contributed by atoms with Gasteiger partial charge < -0.3 is 20.3 Å². The first-order valence-corrected chi connectivity index (χ1v) is 11.9. The van der Waals surface area contributed by atoms with E-state index in [0.29, 0.717) is 5.92 Å². The topological polar surface area (TPSA) is 69.2 Å². The van der Waals surface area contributed by atoms with E-state index in [-0.39, 0.29) is 12.1 Å². The molecule has 8 heteroatoms. The molecule has 0 spiro atoms. The Bertz CT molecular complexity index is 693. The highest BCUT2D eigenvalue weighted by Gasteiger charge is 2.28. The molecule has 1 unspecified atom stereocenters. The van der Waals surface area contributed by atoms with Crippen molar-refractivity contribution < 1.29 is 9.53 Å². The number of rotatable bonds is 5. The zero-order valence-electron chi connectivity index (χ0n) is 18.8. The predicted octanol–water partition coefficient (Wildman–Crippen LogP) is 3.13. The molecule has 0 saturated carbocycles. The van der Waals surface area contributed by atoms with Gasteiger partial charge in [0.25, 0.3) is 0 Å². The van der Waals surface area contributed by atoms with Gasteiger partial charge in [-0.15, -0.1) is 11.3 Å². The molecule has 7 nitrogen and oxygen atoms in total. The Morgan fingerprint density at radius 2 is 2.03 bits per heavy atom. The van der Waals surface area contributed by atoms with Crippen molar-refractivity contribution >= 4 is 23.4 Å². The van der Waals surface area contributed by atoms with Crippen molar-refractivity contribution in [2.45, 2.75) is 58.2 Å². The molecule has 30 heavy (non-hydrogen) atoms. The lowest BCUT2D eigenvalue weighted by atomic mass is 9.97. The number of nitrogens with zero attached hydrogens (tertiary/aromatic N) is 3. The van der Waals surface area contributed by atoms with Gasteiger partial charge in [-0.3, -0.25) is 9.89 Å². The van der Waals surface area contributed by atoms with E-state index in [1.54, 1.807) is 0 Å². The summed E-state index contributed by atoms with van der Waals surface area (Å²) in [6.07, 6.45) is 3.00. The van der Waals surface area contributed by atoms with Crippen molar-refractivity contribution in [1.82, 2.24) is 20.4 Å². The lowest BCUT2D eigenvalue weighted by Crippen LogP contribution is -2.46. The summed E-state index contributed by atoms with van der Waals surface area (Å²) in [5.41, 5.74) is -0.473. The number of carbonyl (C=O) groups excluding carboxylic acids is 1. The van der Waals surface area contributed by atoms with Crippen molar-refractivity contribution in [2.24, 2.45) is 10.9 Å². The Labute approximate surface area is 184 Å². The Morgan fingerprint density at radius 3 is 2.67 bits per heavy atom. The van der Waals surface area contributed by atoms with Crippen LogP contribution in [-0.2, 0) is 11.3 Å². The second-order valence-corrected chi connectivity index (χ2v) is 10.3. The number of alkyl carbamates (subject to hydrolysis) is 1. The second-order valence-electron chi connectivity index (χ2n) is 9.30. The van der Waals surface area contributed by atoms with Gasteiger partial charge in [-0.1, -0.05) is 6.07 Å². The van der Waals surface area contributed by atoms with Crippen molar-refractivity contribution in [3.63, 3.8) is 0 Å². The molecular weight excluding hydrogens is 398 g/mol. The number of amides is 1. The number of aliphatic imine (C=N–C) groups is 1. The van der Waals surface area contributed by atoms with E-state index in [4.69, 9.17) is 4.74 Å². The van der Waals surface area contributed by atoms with E-state index in [1.807, 2.05) is 39.2 Å². The van der Waals surface area contributed by atoms with Crippen LogP contribution in [0.1, 0.15) is 44.9 Å². The standard InChI is InChI=1S/C22H37N5O2S/c1-22(2,3)29-21(28)25-18-9-12-27(15-18)20(23-4)24-14-17-7-10-26(11-8-17)16-19-6-5-13-30-19/h5-6,13,17-18H,7-12,14-16H2,1-4H3,(H,23,24)(H,25,28). The van der Waals surface area contributed by atoms with Crippen LogP contribution < -0.4 is 10.6 Å². The summed E-state index contributed by atoms with van der Waals surface area (Å²) < 4.78 is 5.37. The molecule has 1 amide bonds. The molecule has 3 rings (SSSR count). The summed E-state index contributed by atoms with van der Waals surface area (Å²) in [7, 11) is 1.83. The minimum Gasteiger partial charge on any atom is -0.444 e. The van der Waals surface area contributed by atoms with Crippen LogP contribution >= 0.6 is 11.3 Å². The SMILES string of the molecule is CN=C(NCC1CCN(Cc2cccs2)CC1)N1CCC(NC(=O)OC(C)(C)C)C1. The largest absolute Gasteiger partial charge is 0.444 e. The smallest absolute Gasteiger partial charge is 0.407 e. The molecular formula is C22H37N5O2S. The quantitative estimate of drug-likeness (QED) is 0.549. The molecule has 0 aromatic carbocycles. The first kappa shape index (κ1) is 22.9. The maximum Gasteiger partial charge on any atom is 0.407 e. The molecule has 2 N–H and O–H groups in total. The average Bonchev–Trinajstić information content (AvgIpc) is 3.34. The number of thiophene rings is 1. The van der Waals surface area contributed by atoms with Crippen LogP contribution in [0.25, 0.3) is 0 Å². The van der Waals surface area contributed by atoms with E-state index in [2.05, 4.69) is 42.9 Å². The molecule has 0 radical (unpaired) electrons. The van der Waals surface area contributed by atoms with Gasteiger partial charge in [0.1, 0.15) is 5.60 Å². The number of piperidine rings is 1. The molecule has 2 saturated heterocycles. The van der Waals surface area contributed by atoms with E-state index < -0.39 is 5.60 Å². The van der Waals surface area contributed by atoms with Gasteiger partial charge in [0.15, 0.2) is 5.96 Å². The summed E-state index contributed by atoms with van der Waals surface area (Å²) in [5.74, 6) is 1.61. The number of hydrogen-bond donors (Lipinski definition) is 2. The van der Waals surface area contributed by atoms with Gasteiger partial charge in [-0.25, -0.2) is 4.79 Å². The second kappa shape index (κ2) is 10.5. The lowest BCUT2D eigenvalue weighted by molar-refractivity contribution is 0.0507. The van der Waals surface area contributed by atoms with Crippen LogP contribution in [-0.4, -0.2) is 73.3 Å². The molecule has 0 bridgehead atoms. The fourth-order valence-electron chi connectivity index (χ4n) is 4.08. The van der Waals surface area contributed by atoms with Crippen LogP contribution in [0.3, 0.4) is 0 Å². The monoisotopic (exact) mass is 435 g/mol. The molecule has 2 aliphatic heterocycles. The van der Waals surface area contributed by atoms with E-state index in [1.165, 1.54) is 17.7 Å². The molecule has 1 atom stereocenters. The Hall–Kier alpha value is -1.80. The molecule has 168 valence electrons. The normalized spacial score (nSPS) is 21.7. The molecule has 2 fully saturated rings. The fourth-order valence-corrected chi connectivity index (χ4v) is 4.83. The zero-order chi connectivity index (χ0) is 21.6. The predicted molar refractivity (Wildman–Crippen MR) is 123 cm³/mol. The number of nitrogens with one attached hydrogen (secondary N) is 2. The maximum atomic E-state index is 12.0. The van der Waals surface area contributed by atoms with Crippen molar-refractivity contribution in [3.8, 4) is 0 Å². The van der Waals surface area contributed by atoms with Gasteiger partial charge in [0.2, 0.25) is 0 Å². The van der Waals surface area contributed by atoms with E-state index >= 15 is 0 Å². The summed E-state index contributed by atoms with van der Waals surface area (Å²) >= 11 is 1.85. The van der Waals surface area contributed by atoms with Gasteiger partial charge in [-0.2, -0.15) is 0 Å². The minimum atomic E-state index is -0.473. The molecule has 2 aliphatic rings. The summed E-state index contributed by atoms with van der Waals surface area (Å²) in [6, 6.07) is 4.45. The fraction of sp³-hybridized carbons (Fsp3) is 0.727. The number of ether oxygens (including phenoxy) is 1. The third-order valence-electron chi connectivity index (χ3n) is 5.64. The summed E-state index contributed by atoms with van der Waals surface area (Å²) in [4.78, 5) is 22.7. The maximum absolute atomic E-state index is 12.0. The molecule has 0 aliphatic carbocycles. The summed E-state index contributed by atoms with van der Waals surface area (Å²) in [6.45, 7) is 11.7. The van der Waals surface area contributed by atoms with Gasteiger partial charge in [0, 0.05) is 38.1 Å². The highest BCUT2D eigenvalue weighted by molar-refractivity contribution is 7.09. The Kier molecular flexibility index (Phi) is 7.99. The lowest BCUT2D eigenvalue weighted by Gasteiger charge is -2.32. The average molecular weight is 436 g/mol. The van der Waals surface area contributed by atoms with Gasteiger partial charge in [0.05, 0.1) is 6.04 Å². The van der Waals surface area contributed by atoms with Crippen LogP contribution in [0.4, 0.5) is 4.79 Å². The molecule has 3 heterocycles. The van der Waals surface area contributed by atoms with Crippen LogP contribution in [0, 0.1) is 5.92 Å². The number of carbonyl (C=O) groups is 1. The Balaban J connectivity index is 1.36. The highest BCUT2D eigenvalue weighted by atomic mass is 32.1. The van der Waals surface area contributed by atoms with Crippen LogP contribution in [0.2, 0.25) is 0 Å². The number of guanidine groups is 1. The van der Waals surface area contributed by atoms with Gasteiger partial charge >= 0.3 is 6.09 Å². The molecule has 1 aromatic heterocycles. The van der Waals surface area contributed by atoms with E-state index in [9.17, 15) is 4.79 Å².